The van der Waals surface area contributed by atoms with Crippen molar-refractivity contribution >= 4 is 11.7 Å². The number of amides is 1. The molecular formula is C20H20FNO2. The Labute approximate surface area is 140 Å². The smallest absolute Gasteiger partial charge is 0.224 e. The van der Waals surface area contributed by atoms with Crippen molar-refractivity contribution in [3.8, 4) is 0 Å². The van der Waals surface area contributed by atoms with Crippen molar-refractivity contribution in [2.45, 2.75) is 25.7 Å². The Kier molecular flexibility index (Phi) is 4.74. The lowest BCUT2D eigenvalue weighted by atomic mass is 9.84. The summed E-state index contributed by atoms with van der Waals surface area (Å²) in [5.41, 5.74) is 3.02. The first-order valence-corrected chi connectivity index (χ1v) is 8.13. The van der Waals surface area contributed by atoms with Crippen molar-refractivity contribution < 1.29 is 14.0 Å². The maximum absolute atomic E-state index is 12.9. The van der Waals surface area contributed by atoms with Crippen molar-refractivity contribution in [2.24, 2.45) is 5.92 Å². The first kappa shape index (κ1) is 16.4. The Balaban J connectivity index is 1.69. The van der Waals surface area contributed by atoms with Crippen LogP contribution in [0.3, 0.4) is 0 Å². The molecule has 1 saturated heterocycles. The molecular weight excluding hydrogens is 305 g/mol. The molecule has 2 aromatic carbocycles. The molecule has 4 heteroatoms. The molecule has 0 saturated carbocycles. The molecule has 124 valence electrons. The Morgan fingerprint density at radius 2 is 1.79 bits per heavy atom. The lowest BCUT2D eigenvalue weighted by molar-refractivity contribution is -0.127. The first-order valence-electron chi connectivity index (χ1n) is 8.13. The lowest BCUT2D eigenvalue weighted by Crippen LogP contribution is -2.23. The van der Waals surface area contributed by atoms with Gasteiger partial charge in [0, 0.05) is 25.3 Å². The van der Waals surface area contributed by atoms with Crippen LogP contribution in [-0.4, -0.2) is 18.2 Å². The Bertz CT molecular complexity index is 737. The average Bonchev–Trinajstić information content (AvgIpc) is 2.91. The van der Waals surface area contributed by atoms with Gasteiger partial charge in [-0.15, -0.1) is 0 Å². The molecule has 24 heavy (non-hydrogen) atoms. The summed E-state index contributed by atoms with van der Waals surface area (Å²) in [6.07, 6.45) is 0.437. The van der Waals surface area contributed by atoms with E-state index >= 15 is 0 Å². The number of carbonyl (C=O) groups excluding carboxylic acids is 2. The fraction of sp³-hybridized carbons (Fsp3) is 0.300. The molecule has 1 fully saturated rings. The van der Waals surface area contributed by atoms with E-state index in [0.29, 0.717) is 6.54 Å². The van der Waals surface area contributed by atoms with E-state index in [1.54, 1.807) is 12.1 Å². The molecule has 2 aromatic rings. The second-order valence-electron chi connectivity index (χ2n) is 6.41. The molecule has 0 radical (unpaired) electrons. The van der Waals surface area contributed by atoms with Gasteiger partial charge in [-0.2, -0.15) is 0 Å². The summed E-state index contributed by atoms with van der Waals surface area (Å²) in [7, 11) is 0. The number of Topliss-reactive ketones (excluding diaryl/α,β-unsaturated/α-hetero) is 1. The van der Waals surface area contributed by atoms with Crippen LogP contribution in [0.5, 0.6) is 0 Å². The molecule has 0 aliphatic carbocycles. The second-order valence-corrected chi connectivity index (χ2v) is 6.41. The predicted molar refractivity (Wildman–Crippen MR) is 90.1 cm³/mol. The van der Waals surface area contributed by atoms with Gasteiger partial charge < -0.3 is 5.32 Å². The van der Waals surface area contributed by atoms with Crippen LogP contribution in [0.1, 0.15) is 29.0 Å². The number of hydrogen-bond donors (Lipinski definition) is 1. The lowest BCUT2D eigenvalue weighted by Gasteiger charge is -2.17. The molecule has 0 bridgehead atoms. The van der Waals surface area contributed by atoms with Crippen molar-refractivity contribution in [2.75, 3.05) is 6.54 Å². The van der Waals surface area contributed by atoms with Crippen LogP contribution in [0, 0.1) is 18.7 Å². The fourth-order valence-corrected chi connectivity index (χ4v) is 3.21. The molecule has 3 rings (SSSR count). The van der Waals surface area contributed by atoms with E-state index in [1.807, 2.05) is 31.2 Å². The highest BCUT2D eigenvalue weighted by Gasteiger charge is 2.36. The highest BCUT2D eigenvalue weighted by Crippen LogP contribution is 2.32. The van der Waals surface area contributed by atoms with Crippen LogP contribution in [0.4, 0.5) is 4.39 Å². The Morgan fingerprint density at radius 1 is 1.12 bits per heavy atom. The van der Waals surface area contributed by atoms with Crippen molar-refractivity contribution in [3.63, 3.8) is 0 Å². The summed E-state index contributed by atoms with van der Waals surface area (Å²) in [5.74, 6) is -0.689. The summed E-state index contributed by atoms with van der Waals surface area (Å²) >= 11 is 0. The molecule has 0 unspecified atom stereocenters. The standard InChI is InChI=1S/C20H20FNO2/c1-13-2-6-15(7-3-13)19-12-22-20(24)18(19)11-17(23)10-14-4-8-16(21)9-5-14/h2-9,18-19H,10-12H2,1H3,(H,22,24)/t18-,19-/m1/s1. The quantitative estimate of drug-likeness (QED) is 0.918. The molecule has 3 nitrogen and oxygen atoms in total. The molecule has 1 heterocycles. The van der Waals surface area contributed by atoms with E-state index in [1.165, 1.54) is 17.7 Å². The number of ketones is 1. The zero-order chi connectivity index (χ0) is 17.1. The number of aryl methyl sites for hydroxylation is 1. The summed E-state index contributed by atoms with van der Waals surface area (Å²) in [5, 5.41) is 2.87. The summed E-state index contributed by atoms with van der Waals surface area (Å²) in [6, 6.07) is 14.0. The van der Waals surface area contributed by atoms with Crippen LogP contribution in [0.2, 0.25) is 0 Å². The van der Waals surface area contributed by atoms with E-state index in [9.17, 15) is 14.0 Å². The minimum atomic E-state index is -0.333. The van der Waals surface area contributed by atoms with Crippen LogP contribution >= 0.6 is 0 Å². The third-order valence-electron chi connectivity index (χ3n) is 4.59. The van der Waals surface area contributed by atoms with Gasteiger partial charge in [0.05, 0.1) is 5.92 Å². The molecule has 2 atom stereocenters. The largest absolute Gasteiger partial charge is 0.355 e. The molecule has 1 aliphatic heterocycles. The first-order chi connectivity index (χ1) is 11.5. The number of rotatable bonds is 5. The Morgan fingerprint density at radius 3 is 2.46 bits per heavy atom. The van der Waals surface area contributed by atoms with E-state index in [0.717, 1.165) is 11.1 Å². The molecule has 1 N–H and O–H groups in total. The van der Waals surface area contributed by atoms with Gasteiger partial charge in [0.2, 0.25) is 5.91 Å². The van der Waals surface area contributed by atoms with Crippen molar-refractivity contribution in [1.82, 2.24) is 5.32 Å². The number of halogens is 1. The second kappa shape index (κ2) is 6.95. The van der Waals surface area contributed by atoms with Gasteiger partial charge in [0.15, 0.2) is 0 Å². The third-order valence-corrected chi connectivity index (χ3v) is 4.59. The van der Waals surface area contributed by atoms with Crippen LogP contribution in [-0.2, 0) is 16.0 Å². The van der Waals surface area contributed by atoms with Crippen molar-refractivity contribution in [1.29, 1.82) is 0 Å². The molecule has 0 spiro atoms. The predicted octanol–water partition coefficient (Wildman–Crippen LogP) is 3.17. The molecule has 1 amide bonds. The van der Waals surface area contributed by atoms with Crippen LogP contribution < -0.4 is 5.32 Å². The van der Waals surface area contributed by atoms with E-state index in [4.69, 9.17) is 0 Å². The van der Waals surface area contributed by atoms with E-state index in [2.05, 4.69) is 5.32 Å². The third kappa shape index (κ3) is 3.70. The molecule has 1 aliphatic rings. The summed E-state index contributed by atoms with van der Waals surface area (Å²) in [4.78, 5) is 24.5. The van der Waals surface area contributed by atoms with Crippen LogP contribution in [0.15, 0.2) is 48.5 Å². The SMILES string of the molecule is Cc1ccc([C@H]2CNC(=O)[C@@H]2CC(=O)Cc2ccc(F)cc2)cc1. The van der Waals surface area contributed by atoms with Gasteiger partial charge in [-0.1, -0.05) is 42.0 Å². The van der Waals surface area contributed by atoms with Gasteiger partial charge in [-0.25, -0.2) is 4.39 Å². The van der Waals surface area contributed by atoms with Crippen LogP contribution in [0.25, 0.3) is 0 Å². The van der Waals surface area contributed by atoms with Gasteiger partial charge in [-0.3, -0.25) is 9.59 Å². The van der Waals surface area contributed by atoms with Crippen molar-refractivity contribution in [3.05, 3.63) is 71.0 Å². The zero-order valence-corrected chi connectivity index (χ0v) is 13.6. The number of carbonyl (C=O) groups is 2. The van der Waals surface area contributed by atoms with Gasteiger partial charge in [0.1, 0.15) is 11.6 Å². The number of benzene rings is 2. The number of hydrogen-bond acceptors (Lipinski definition) is 2. The maximum Gasteiger partial charge on any atom is 0.224 e. The van der Waals surface area contributed by atoms with Gasteiger partial charge >= 0.3 is 0 Å². The summed E-state index contributed by atoms with van der Waals surface area (Å²) < 4.78 is 12.9. The normalized spacial score (nSPS) is 20.0. The number of nitrogens with one attached hydrogen (secondary N) is 1. The van der Waals surface area contributed by atoms with Gasteiger partial charge in [0.25, 0.3) is 0 Å². The van der Waals surface area contributed by atoms with E-state index < -0.39 is 0 Å². The highest BCUT2D eigenvalue weighted by atomic mass is 19.1. The van der Waals surface area contributed by atoms with Gasteiger partial charge in [-0.05, 0) is 30.2 Å². The molecule has 0 aromatic heterocycles. The highest BCUT2D eigenvalue weighted by molar-refractivity contribution is 5.90. The minimum absolute atomic E-state index is 0.000713. The van der Waals surface area contributed by atoms with E-state index in [-0.39, 0.29) is 42.2 Å². The summed E-state index contributed by atoms with van der Waals surface area (Å²) in [6.45, 7) is 2.59. The monoisotopic (exact) mass is 325 g/mol. The zero-order valence-electron chi connectivity index (χ0n) is 13.6. The average molecular weight is 325 g/mol. The maximum atomic E-state index is 12.9. The topological polar surface area (TPSA) is 46.2 Å². The minimum Gasteiger partial charge on any atom is -0.355 e. The Hall–Kier alpha value is -2.49. The fourth-order valence-electron chi connectivity index (χ4n) is 3.21.